The molecule has 5 heteroatoms. The molecule has 0 saturated heterocycles. The van der Waals surface area contributed by atoms with Crippen molar-refractivity contribution >= 4 is 10.0 Å². The lowest BCUT2D eigenvalue weighted by Crippen LogP contribution is -2.16. The highest BCUT2D eigenvalue weighted by Crippen LogP contribution is 2.09. The lowest BCUT2D eigenvalue weighted by Gasteiger charge is -2.06. The third-order valence-electron chi connectivity index (χ3n) is 2.51. The van der Waals surface area contributed by atoms with E-state index in [9.17, 15) is 8.42 Å². The topological polar surface area (TPSA) is 72.2 Å². The van der Waals surface area contributed by atoms with Crippen LogP contribution in [0, 0.1) is 0 Å². The van der Waals surface area contributed by atoms with Gasteiger partial charge in [-0.05, 0) is 30.7 Å². The number of nitrogens with one attached hydrogen (secondary N) is 1. The van der Waals surface area contributed by atoms with Crippen LogP contribution in [0.2, 0.25) is 0 Å². The number of nitrogens with two attached hydrogens (primary N) is 1. The summed E-state index contributed by atoms with van der Waals surface area (Å²) in [5.41, 5.74) is 0.938. The quantitative estimate of drug-likeness (QED) is 0.728. The van der Waals surface area contributed by atoms with Crippen LogP contribution >= 0.6 is 0 Å². The second-order valence-corrected chi connectivity index (χ2v) is 5.64. The summed E-state index contributed by atoms with van der Waals surface area (Å²) in [5.74, 6) is 0. The van der Waals surface area contributed by atoms with E-state index in [1.165, 1.54) is 18.9 Å². The number of unbranched alkanes of at least 4 members (excludes halogenated alkanes) is 2. The van der Waals surface area contributed by atoms with Crippen LogP contribution in [0.5, 0.6) is 0 Å². The molecule has 96 valence electrons. The lowest BCUT2D eigenvalue weighted by molar-refractivity contribution is 0.596. The first-order chi connectivity index (χ1) is 8.04. The molecule has 0 aliphatic heterocycles. The predicted octanol–water partition coefficient (Wildman–Crippen LogP) is 1.61. The second kappa shape index (κ2) is 6.74. The third-order valence-corrected chi connectivity index (χ3v) is 3.42. The molecular formula is C12H20N2O2S. The Morgan fingerprint density at radius 1 is 1.29 bits per heavy atom. The number of primary sulfonamides is 1. The van der Waals surface area contributed by atoms with E-state index in [4.69, 9.17) is 5.14 Å². The van der Waals surface area contributed by atoms with Crippen LogP contribution < -0.4 is 10.5 Å². The van der Waals surface area contributed by atoms with Gasteiger partial charge in [0.05, 0.1) is 4.90 Å². The summed E-state index contributed by atoms with van der Waals surface area (Å²) >= 11 is 0. The third kappa shape index (κ3) is 5.30. The molecule has 0 aliphatic carbocycles. The van der Waals surface area contributed by atoms with E-state index in [1.807, 2.05) is 6.07 Å². The van der Waals surface area contributed by atoms with Crippen LogP contribution in [-0.2, 0) is 16.6 Å². The average Bonchev–Trinajstić information content (AvgIpc) is 2.28. The molecule has 0 bridgehead atoms. The van der Waals surface area contributed by atoms with Crippen LogP contribution in [0.1, 0.15) is 31.7 Å². The highest BCUT2D eigenvalue weighted by Gasteiger charge is 2.07. The van der Waals surface area contributed by atoms with Crippen LogP contribution in [-0.4, -0.2) is 15.0 Å². The predicted molar refractivity (Wildman–Crippen MR) is 69.0 cm³/mol. The lowest BCUT2D eigenvalue weighted by atomic mass is 10.2. The van der Waals surface area contributed by atoms with Gasteiger partial charge in [-0.1, -0.05) is 31.9 Å². The van der Waals surface area contributed by atoms with Crippen LogP contribution in [0.15, 0.2) is 29.2 Å². The first-order valence-electron chi connectivity index (χ1n) is 5.86. The SMILES string of the molecule is CCCCCNCc1cccc(S(N)(=O)=O)c1. The smallest absolute Gasteiger partial charge is 0.238 e. The van der Waals surface area contributed by atoms with E-state index in [2.05, 4.69) is 12.2 Å². The zero-order valence-corrected chi connectivity index (χ0v) is 11.0. The van der Waals surface area contributed by atoms with E-state index in [0.717, 1.165) is 18.5 Å². The first kappa shape index (κ1) is 14.2. The summed E-state index contributed by atoms with van der Waals surface area (Å²) in [5, 5.41) is 8.35. The molecule has 0 heterocycles. The van der Waals surface area contributed by atoms with Gasteiger partial charge in [0.1, 0.15) is 0 Å². The van der Waals surface area contributed by atoms with Crippen molar-refractivity contribution in [3.8, 4) is 0 Å². The summed E-state index contributed by atoms with van der Waals surface area (Å²) in [7, 11) is -3.59. The Labute approximate surface area is 103 Å². The molecule has 0 amide bonds. The fourth-order valence-corrected chi connectivity index (χ4v) is 2.15. The molecule has 0 unspecified atom stereocenters. The number of hydrogen-bond acceptors (Lipinski definition) is 3. The molecule has 0 radical (unpaired) electrons. The molecule has 0 spiro atoms. The molecule has 4 nitrogen and oxygen atoms in total. The molecule has 1 aromatic carbocycles. The van der Waals surface area contributed by atoms with Gasteiger partial charge >= 0.3 is 0 Å². The van der Waals surface area contributed by atoms with E-state index >= 15 is 0 Å². The van der Waals surface area contributed by atoms with E-state index in [-0.39, 0.29) is 4.90 Å². The molecule has 1 aromatic rings. The van der Waals surface area contributed by atoms with Gasteiger partial charge in [-0.3, -0.25) is 0 Å². The summed E-state index contributed by atoms with van der Waals surface area (Å²) in [6.45, 7) is 3.79. The number of benzene rings is 1. The van der Waals surface area contributed by atoms with Gasteiger partial charge in [0.2, 0.25) is 10.0 Å². The Balaban J connectivity index is 2.49. The number of sulfonamides is 1. The van der Waals surface area contributed by atoms with Crippen LogP contribution in [0.3, 0.4) is 0 Å². The zero-order chi connectivity index (χ0) is 12.7. The average molecular weight is 256 g/mol. The Morgan fingerprint density at radius 3 is 2.71 bits per heavy atom. The van der Waals surface area contributed by atoms with E-state index in [0.29, 0.717) is 6.54 Å². The van der Waals surface area contributed by atoms with Gasteiger partial charge in [-0.25, -0.2) is 13.6 Å². The molecule has 1 rings (SSSR count). The monoisotopic (exact) mass is 256 g/mol. The molecule has 0 fully saturated rings. The van der Waals surface area contributed by atoms with Gasteiger partial charge in [-0.2, -0.15) is 0 Å². The summed E-state index contributed by atoms with van der Waals surface area (Å²) < 4.78 is 22.3. The highest BCUT2D eigenvalue weighted by molar-refractivity contribution is 7.89. The molecule has 0 aromatic heterocycles. The number of hydrogen-bond donors (Lipinski definition) is 2. The molecular weight excluding hydrogens is 236 g/mol. The van der Waals surface area contributed by atoms with Crippen molar-refractivity contribution in [2.75, 3.05) is 6.54 Å². The Morgan fingerprint density at radius 2 is 2.06 bits per heavy atom. The van der Waals surface area contributed by atoms with Crippen molar-refractivity contribution in [3.63, 3.8) is 0 Å². The maximum absolute atomic E-state index is 11.2. The Bertz CT molecular complexity index is 444. The molecule has 17 heavy (non-hydrogen) atoms. The van der Waals surface area contributed by atoms with Crippen molar-refractivity contribution in [2.45, 2.75) is 37.6 Å². The van der Waals surface area contributed by atoms with Gasteiger partial charge in [-0.15, -0.1) is 0 Å². The van der Waals surface area contributed by atoms with E-state index < -0.39 is 10.0 Å². The zero-order valence-electron chi connectivity index (χ0n) is 10.1. The molecule has 0 aliphatic rings. The van der Waals surface area contributed by atoms with Crippen molar-refractivity contribution < 1.29 is 8.42 Å². The minimum atomic E-state index is -3.59. The molecule has 0 saturated carbocycles. The maximum Gasteiger partial charge on any atom is 0.238 e. The molecule has 3 N–H and O–H groups in total. The second-order valence-electron chi connectivity index (χ2n) is 4.08. The fraction of sp³-hybridized carbons (Fsp3) is 0.500. The minimum absolute atomic E-state index is 0.172. The normalized spacial score (nSPS) is 11.6. The first-order valence-corrected chi connectivity index (χ1v) is 7.41. The summed E-state index contributed by atoms with van der Waals surface area (Å²) in [6.07, 6.45) is 3.55. The van der Waals surface area contributed by atoms with Crippen LogP contribution in [0.4, 0.5) is 0 Å². The maximum atomic E-state index is 11.2. The van der Waals surface area contributed by atoms with Gasteiger partial charge < -0.3 is 5.32 Å². The van der Waals surface area contributed by atoms with Crippen molar-refractivity contribution in [3.05, 3.63) is 29.8 Å². The highest BCUT2D eigenvalue weighted by atomic mass is 32.2. The van der Waals surface area contributed by atoms with Gasteiger partial charge in [0, 0.05) is 6.54 Å². The molecule has 0 atom stereocenters. The van der Waals surface area contributed by atoms with Crippen molar-refractivity contribution in [1.82, 2.24) is 5.32 Å². The summed E-state index contributed by atoms with van der Waals surface area (Å²) in [6, 6.07) is 6.72. The van der Waals surface area contributed by atoms with E-state index in [1.54, 1.807) is 12.1 Å². The fourth-order valence-electron chi connectivity index (χ4n) is 1.57. The number of rotatable bonds is 7. The Hall–Kier alpha value is -0.910. The minimum Gasteiger partial charge on any atom is -0.313 e. The van der Waals surface area contributed by atoms with Crippen molar-refractivity contribution in [2.24, 2.45) is 5.14 Å². The Kier molecular flexibility index (Phi) is 5.61. The summed E-state index contributed by atoms with van der Waals surface area (Å²) in [4.78, 5) is 0.172. The van der Waals surface area contributed by atoms with Gasteiger partial charge in [0.15, 0.2) is 0 Å². The standard InChI is InChI=1S/C12H20N2O2S/c1-2-3-4-8-14-10-11-6-5-7-12(9-11)17(13,15)16/h5-7,9,14H,2-4,8,10H2,1H3,(H2,13,15,16). The van der Waals surface area contributed by atoms with Crippen molar-refractivity contribution in [1.29, 1.82) is 0 Å². The largest absolute Gasteiger partial charge is 0.313 e. The van der Waals surface area contributed by atoms with Crippen LogP contribution in [0.25, 0.3) is 0 Å². The van der Waals surface area contributed by atoms with Gasteiger partial charge in [0.25, 0.3) is 0 Å².